The summed E-state index contributed by atoms with van der Waals surface area (Å²) in [4.78, 5) is 12.2. The van der Waals surface area contributed by atoms with Gasteiger partial charge in [0, 0.05) is 6.84 Å². The van der Waals surface area contributed by atoms with Gasteiger partial charge >= 0.3 is 0 Å². The van der Waals surface area contributed by atoms with Crippen molar-refractivity contribution < 1.29 is 6.22 Å². The van der Waals surface area contributed by atoms with Gasteiger partial charge in [0.1, 0.15) is 0 Å². The van der Waals surface area contributed by atoms with Gasteiger partial charge < -0.3 is 5.73 Å². The Hall–Kier alpha value is -1.67. The number of carbonyl (C=O) groups excluding carboxylic acids is 1. The number of nitrogens with two attached hydrogens (primary N) is 1. The highest BCUT2D eigenvalue weighted by Crippen LogP contribution is 2.22. The summed E-state index contributed by atoms with van der Waals surface area (Å²) in [5.41, 5.74) is 6.83. The molecule has 0 unspecified atom stereocenters. The fourth-order valence-electron chi connectivity index (χ4n) is 2.36. The van der Waals surface area contributed by atoms with E-state index in [1.165, 1.54) is 10.8 Å². The molecule has 2 nitrogen and oxygen atoms in total. The Morgan fingerprint density at radius 2 is 1.67 bits per heavy atom. The Morgan fingerprint density at radius 1 is 1.10 bits per heavy atom. The summed E-state index contributed by atoms with van der Waals surface area (Å²) < 4.78 is 0. The molecule has 0 heterocycles. The number of ketones is 1. The van der Waals surface area contributed by atoms with Gasteiger partial charge in [-0.2, -0.15) is 0 Å². The van der Waals surface area contributed by atoms with Crippen LogP contribution in [0.5, 0.6) is 0 Å². The molecule has 0 radical (unpaired) electrons. The van der Waals surface area contributed by atoms with Crippen LogP contribution in [-0.2, 0) is 11.2 Å². The van der Waals surface area contributed by atoms with E-state index in [1.54, 1.807) is 0 Å². The number of benzene rings is 2. The highest BCUT2D eigenvalue weighted by molar-refractivity contribution is 5.90. The third kappa shape index (κ3) is 4.40. The molecule has 1 atom stereocenters. The molecule has 116 valence electrons. The van der Waals surface area contributed by atoms with Gasteiger partial charge in [-0.3, -0.25) is 4.79 Å². The lowest BCUT2D eigenvalue weighted by Crippen LogP contribution is -2.40. The third-order valence-corrected chi connectivity index (χ3v) is 3.40. The van der Waals surface area contributed by atoms with E-state index in [-0.39, 0.29) is 12.6 Å². The largest absolute Gasteiger partial charge is 0.321 e. The minimum atomic E-state index is -0.439. The van der Waals surface area contributed by atoms with E-state index >= 15 is 0 Å². The molecule has 0 amide bonds. The maximum Gasteiger partial charge on any atom is 0.155 e. The van der Waals surface area contributed by atoms with Crippen molar-refractivity contribution in [3.05, 3.63) is 48.0 Å². The van der Waals surface area contributed by atoms with Crippen LogP contribution < -0.4 is 5.73 Å². The molecule has 0 aromatic heterocycles. The van der Waals surface area contributed by atoms with E-state index in [4.69, 9.17) is 5.73 Å². The predicted octanol–water partition coefficient (Wildman–Crippen LogP) is 4.60. The molecule has 0 spiro atoms. The summed E-state index contributed by atoms with van der Waals surface area (Å²) in [6.45, 7) is 9.74. The Labute approximate surface area is 129 Å². The van der Waals surface area contributed by atoms with E-state index in [2.05, 4.69) is 24.3 Å². The molecule has 0 aliphatic carbocycles. The molecule has 0 fully saturated rings. The summed E-state index contributed by atoms with van der Waals surface area (Å²) >= 11 is 0. The van der Waals surface area contributed by atoms with E-state index in [9.17, 15) is 4.79 Å². The maximum absolute atomic E-state index is 12.2. The highest BCUT2D eigenvalue weighted by atomic mass is 16.1. The highest BCUT2D eigenvalue weighted by Gasteiger charge is 2.27. The Morgan fingerprint density at radius 3 is 2.29 bits per heavy atom. The second kappa shape index (κ2) is 7.37. The van der Waals surface area contributed by atoms with Gasteiger partial charge in [-0.1, -0.05) is 77.1 Å². The zero-order chi connectivity index (χ0) is 16.0. The van der Waals surface area contributed by atoms with Crippen LogP contribution in [0.2, 0.25) is 0 Å². The molecule has 2 N–H and O–H groups in total. The van der Waals surface area contributed by atoms with Crippen molar-refractivity contribution in [1.82, 2.24) is 0 Å². The third-order valence-electron chi connectivity index (χ3n) is 3.40. The van der Waals surface area contributed by atoms with Crippen molar-refractivity contribution in [3.8, 4) is 0 Å². The SMILES string of the molecule is CC.CC(C)(C)C(=O)[C@@H](N)Cc1cccc2ccccc12.[HH]. The summed E-state index contributed by atoms with van der Waals surface area (Å²) in [6, 6.07) is 13.9. The fraction of sp³-hybridized carbons (Fsp3) is 0.421. The number of carbonyl (C=O) groups is 1. The molecular weight excluding hydrogens is 258 g/mol. The Balaban J connectivity index is 0.00000141. The van der Waals surface area contributed by atoms with Crippen molar-refractivity contribution in [1.29, 1.82) is 0 Å². The van der Waals surface area contributed by atoms with Gasteiger partial charge in [0.2, 0.25) is 0 Å². The molecule has 0 bridgehead atoms. The van der Waals surface area contributed by atoms with Crippen molar-refractivity contribution >= 4 is 16.6 Å². The average Bonchev–Trinajstić information content (AvgIpc) is 2.48. The van der Waals surface area contributed by atoms with Gasteiger partial charge in [-0.15, -0.1) is 0 Å². The maximum atomic E-state index is 12.2. The van der Waals surface area contributed by atoms with Crippen LogP contribution >= 0.6 is 0 Å². The first-order chi connectivity index (χ1) is 9.89. The second-order valence-electron chi connectivity index (χ2n) is 6.06. The van der Waals surface area contributed by atoms with E-state index in [0.29, 0.717) is 6.42 Å². The Kier molecular flexibility index (Phi) is 6.10. The summed E-state index contributed by atoms with van der Waals surface area (Å²) in [5, 5.41) is 2.37. The van der Waals surface area contributed by atoms with E-state index in [0.717, 1.165) is 5.56 Å². The molecule has 0 saturated carbocycles. The van der Waals surface area contributed by atoms with E-state index in [1.807, 2.05) is 52.8 Å². The number of fused-ring (bicyclic) bond motifs is 1. The van der Waals surface area contributed by atoms with Crippen molar-refractivity contribution in [2.45, 2.75) is 47.1 Å². The Bertz CT molecular complexity index is 596. The quantitative estimate of drug-likeness (QED) is 0.896. The first kappa shape index (κ1) is 17.4. The van der Waals surface area contributed by atoms with Gasteiger partial charge in [0.25, 0.3) is 0 Å². The van der Waals surface area contributed by atoms with Crippen LogP contribution in [0.3, 0.4) is 0 Å². The summed E-state index contributed by atoms with van der Waals surface area (Å²) in [6.07, 6.45) is 0.595. The molecule has 0 aliphatic heterocycles. The van der Waals surface area contributed by atoms with Crippen LogP contribution in [-0.4, -0.2) is 11.8 Å². The van der Waals surface area contributed by atoms with Crippen LogP contribution in [0.1, 0.15) is 41.6 Å². The van der Waals surface area contributed by atoms with E-state index < -0.39 is 6.04 Å². The van der Waals surface area contributed by atoms with Gasteiger partial charge in [-0.25, -0.2) is 0 Å². The van der Waals surface area contributed by atoms with Gasteiger partial charge in [0.05, 0.1) is 6.04 Å². The fourth-order valence-corrected chi connectivity index (χ4v) is 2.36. The lowest BCUT2D eigenvalue weighted by Gasteiger charge is -2.22. The smallest absolute Gasteiger partial charge is 0.155 e. The normalized spacial score (nSPS) is 12.5. The van der Waals surface area contributed by atoms with Crippen molar-refractivity contribution in [3.63, 3.8) is 0 Å². The molecule has 0 saturated heterocycles. The first-order valence-electron chi connectivity index (χ1n) is 7.66. The summed E-state index contributed by atoms with van der Waals surface area (Å²) in [7, 11) is 0. The second-order valence-corrected chi connectivity index (χ2v) is 6.06. The lowest BCUT2D eigenvalue weighted by atomic mass is 9.84. The molecule has 21 heavy (non-hydrogen) atoms. The van der Waals surface area contributed by atoms with Crippen LogP contribution in [0.25, 0.3) is 10.8 Å². The molecular formula is C19H29NO. The zero-order valence-corrected chi connectivity index (χ0v) is 13.8. The molecule has 2 aromatic carbocycles. The molecule has 2 heteroatoms. The number of hydrogen-bond donors (Lipinski definition) is 1. The topological polar surface area (TPSA) is 43.1 Å². The first-order valence-corrected chi connectivity index (χ1v) is 7.66. The summed E-state index contributed by atoms with van der Waals surface area (Å²) in [5.74, 6) is 0.112. The molecule has 0 aliphatic rings. The zero-order valence-electron chi connectivity index (χ0n) is 13.8. The van der Waals surface area contributed by atoms with Gasteiger partial charge in [0.15, 0.2) is 5.78 Å². The molecule has 2 aromatic rings. The molecule has 2 rings (SSSR count). The van der Waals surface area contributed by atoms with Crippen molar-refractivity contribution in [2.24, 2.45) is 11.1 Å². The van der Waals surface area contributed by atoms with Gasteiger partial charge in [-0.05, 0) is 22.8 Å². The lowest BCUT2D eigenvalue weighted by molar-refractivity contribution is -0.127. The number of rotatable bonds is 3. The monoisotopic (exact) mass is 287 g/mol. The van der Waals surface area contributed by atoms with Crippen LogP contribution in [0.4, 0.5) is 0 Å². The number of hydrogen-bond acceptors (Lipinski definition) is 2. The minimum Gasteiger partial charge on any atom is -0.321 e. The standard InChI is InChI=1S/C17H21NO.C2H6.H2/c1-17(2,3)16(19)15(18)11-13-9-6-8-12-7-4-5-10-14(12)13;1-2;/h4-10,15H,11,18H2,1-3H3;1-2H3;1H/t15-;;/m0../s1. The minimum absolute atomic E-state index is 0. The van der Waals surface area contributed by atoms with Crippen molar-refractivity contribution in [2.75, 3.05) is 0 Å². The number of Topliss-reactive ketones (excluding diaryl/α,β-unsaturated/α-hetero) is 1. The van der Waals surface area contributed by atoms with Crippen LogP contribution in [0, 0.1) is 5.41 Å². The predicted molar refractivity (Wildman–Crippen MR) is 93.6 cm³/mol. The average molecular weight is 287 g/mol. The van der Waals surface area contributed by atoms with Crippen LogP contribution in [0.15, 0.2) is 42.5 Å².